The topological polar surface area (TPSA) is 20.3 Å². The molecule has 0 amide bonds. The van der Waals surface area contributed by atoms with Crippen molar-refractivity contribution in [2.75, 3.05) is 6.54 Å². The minimum atomic E-state index is 0.681. The van der Waals surface area contributed by atoms with E-state index in [2.05, 4.69) is 22.8 Å². The van der Waals surface area contributed by atoms with Crippen LogP contribution >= 0.6 is 26.7 Å². The van der Waals surface area contributed by atoms with Crippen LogP contribution in [-0.2, 0) is 4.79 Å². The Hall–Kier alpha value is 0.920. The average Bonchev–Trinajstić information content (AvgIpc) is 1.89. The minimum Gasteiger partial charge on any atom is -0.303 e. The molecule has 0 aliphatic heterocycles. The molecule has 3 atom stereocenters. The maximum Gasteiger partial charge on any atom is 0.120 e. The number of hydrogen-bond donors (Lipinski definition) is 0. The molecule has 54 valence electrons. The zero-order chi connectivity index (χ0) is 7.11. The van der Waals surface area contributed by atoms with E-state index in [9.17, 15) is 4.79 Å². The van der Waals surface area contributed by atoms with Gasteiger partial charge in [-0.1, -0.05) is 18.3 Å². The first-order valence-electron chi connectivity index (χ1n) is 2.73. The fraction of sp³-hybridized carbons (Fsp3) is 0.750. The summed E-state index contributed by atoms with van der Waals surface area (Å²) in [4.78, 5) is 9.85. The number of rotatable bonds is 5. The maximum atomic E-state index is 9.85. The monoisotopic (exact) mass is 183 g/mol. The van der Waals surface area contributed by atoms with Crippen molar-refractivity contribution < 1.29 is 4.79 Å². The quantitative estimate of drug-likeness (QED) is 0.365. The predicted octanol–water partition coefficient (Wildman–Crippen LogP) is 1.44. The van der Waals surface area contributed by atoms with Gasteiger partial charge in [0.05, 0.1) is 0 Å². The van der Waals surface area contributed by atoms with Crippen LogP contribution < -0.4 is 0 Å². The minimum absolute atomic E-state index is 0.681. The molecule has 0 aromatic carbocycles. The Balaban J connectivity index is 2.96. The lowest BCUT2D eigenvalue weighted by Gasteiger charge is -2.10. The van der Waals surface area contributed by atoms with E-state index in [1.165, 1.54) is 0 Å². The highest BCUT2D eigenvalue weighted by Gasteiger charge is 1.91. The Labute approximate surface area is 62.3 Å². The molecule has 0 aromatic heterocycles. The third-order valence-corrected chi connectivity index (χ3v) is 4.04. The van der Waals surface area contributed by atoms with Crippen LogP contribution in [0.25, 0.3) is 0 Å². The SMILES string of the molecule is O=CCCCN(P)PP. The normalized spacial score (nSPS) is 11.4. The van der Waals surface area contributed by atoms with Gasteiger partial charge in [0, 0.05) is 13.0 Å². The molecule has 2 nitrogen and oxygen atoms in total. The molecule has 0 N–H and O–H groups in total. The summed E-state index contributed by atoms with van der Waals surface area (Å²) in [6.07, 6.45) is 2.61. The van der Waals surface area contributed by atoms with Gasteiger partial charge in [-0.25, -0.2) is 0 Å². The zero-order valence-corrected chi connectivity index (χ0v) is 8.52. The highest BCUT2D eigenvalue weighted by Crippen LogP contribution is 2.29. The van der Waals surface area contributed by atoms with Crippen LogP contribution in [0.15, 0.2) is 0 Å². The summed E-state index contributed by atoms with van der Waals surface area (Å²) in [6.45, 7) is 0.991. The Morgan fingerprint density at radius 2 is 2.33 bits per heavy atom. The standard InChI is InChI=1S/C4H12NOP3/c6-4-2-1-3-5(7)9-8/h4,9H,1-3,7-8H2. The summed E-state index contributed by atoms with van der Waals surface area (Å²) in [5, 5.41) is 0. The van der Waals surface area contributed by atoms with Crippen molar-refractivity contribution in [3.8, 4) is 0 Å². The average molecular weight is 183 g/mol. The Bertz CT molecular complexity index is 80.2. The first kappa shape index (κ1) is 9.92. The van der Waals surface area contributed by atoms with E-state index in [0.717, 1.165) is 27.7 Å². The number of carbonyl (C=O) groups is 1. The van der Waals surface area contributed by atoms with Crippen molar-refractivity contribution in [1.82, 2.24) is 4.44 Å². The molecule has 0 heterocycles. The van der Waals surface area contributed by atoms with Gasteiger partial charge in [-0.2, -0.15) is 0 Å². The lowest BCUT2D eigenvalue weighted by atomic mass is 10.3. The molecule has 0 rings (SSSR count). The van der Waals surface area contributed by atoms with Crippen LogP contribution in [0.3, 0.4) is 0 Å². The summed E-state index contributed by atoms with van der Waals surface area (Å²) >= 11 is 0. The van der Waals surface area contributed by atoms with Crippen LogP contribution in [0.2, 0.25) is 0 Å². The summed E-state index contributed by atoms with van der Waals surface area (Å²) < 4.78 is 2.11. The largest absolute Gasteiger partial charge is 0.303 e. The van der Waals surface area contributed by atoms with Gasteiger partial charge in [-0.3, -0.25) is 4.44 Å². The van der Waals surface area contributed by atoms with Crippen molar-refractivity contribution in [2.45, 2.75) is 12.8 Å². The fourth-order valence-electron chi connectivity index (χ4n) is 0.410. The Morgan fingerprint density at radius 1 is 1.67 bits per heavy atom. The lowest BCUT2D eigenvalue weighted by molar-refractivity contribution is -0.107. The molecule has 5 heteroatoms. The second kappa shape index (κ2) is 7.03. The molecule has 0 aliphatic rings. The van der Waals surface area contributed by atoms with Crippen molar-refractivity contribution in [3.05, 3.63) is 0 Å². The lowest BCUT2D eigenvalue weighted by Crippen LogP contribution is -1.99. The van der Waals surface area contributed by atoms with Crippen molar-refractivity contribution in [2.24, 2.45) is 0 Å². The van der Waals surface area contributed by atoms with E-state index >= 15 is 0 Å². The van der Waals surface area contributed by atoms with Gasteiger partial charge in [-0.15, -0.1) is 0 Å². The van der Waals surface area contributed by atoms with Gasteiger partial charge < -0.3 is 4.79 Å². The molecule has 0 aliphatic carbocycles. The van der Waals surface area contributed by atoms with Crippen LogP contribution in [-0.4, -0.2) is 17.3 Å². The second-order valence-corrected chi connectivity index (χ2v) is 4.38. The molecule has 0 bridgehead atoms. The number of aldehydes is 1. The maximum absolute atomic E-state index is 9.85. The van der Waals surface area contributed by atoms with E-state index in [4.69, 9.17) is 0 Å². The van der Waals surface area contributed by atoms with E-state index in [0.29, 0.717) is 6.42 Å². The first-order valence-corrected chi connectivity index (χ1v) is 6.00. The number of hydrogen-bond acceptors (Lipinski definition) is 2. The van der Waals surface area contributed by atoms with Crippen molar-refractivity contribution in [3.63, 3.8) is 0 Å². The van der Waals surface area contributed by atoms with Gasteiger partial charge >= 0.3 is 0 Å². The number of nitrogens with zero attached hydrogens (tertiary/aromatic N) is 1. The first-order chi connectivity index (χ1) is 4.31. The highest BCUT2D eigenvalue weighted by molar-refractivity contribution is 8.02. The third kappa shape index (κ3) is 6.81. The Morgan fingerprint density at radius 3 is 2.78 bits per heavy atom. The smallest absolute Gasteiger partial charge is 0.120 e. The third-order valence-electron chi connectivity index (χ3n) is 0.887. The van der Waals surface area contributed by atoms with Gasteiger partial charge in [0.2, 0.25) is 0 Å². The van der Waals surface area contributed by atoms with Crippen LogP contribution in [0, 0.1) is 0 Å². The fourth-order valence-corrected chi connectivity index (χ4v) is 1.27. The summed E-state index contributed by atoms with van der Waals surface area (Å²) in [7, 11) is 6.00. The summed E-state index contributed by atoms with van der Waals surface area (Å²) in [5.41, 5.74) is 0. The molecule has 0 saturated carbocycles. The van der Waals surface area contributed by atoms with Crippen molar-refractivity contribution in [1.29, 1.82) is 0 Å². The van der Waals surface area contributed by atoms with E-state index in [-0.39, 0.29) is 0 Å². The number of carbonyl (C=O) groups excluding carboxylic acids is 1. The molecule has 0 radical (unpaired) electrons. The van der Waals surface area contributed by atoms with Crippen LogP contribution in [0.1, 0.15) is 12.8 Å². The molecule has 0 fully saturated rings. The predicted molar refractivity (Wildman–Crippen MR) is 49.7 cm³/mol. The highest BCUT2D eigenvalue weighted by atomic mass is 32.0. The molecule has 3 unspecified atom stereocenters. The van der Waals surface area contributed by atoms with Gasteiger partial charge in [0.15, 0.2) is 0 Å². The van der Waals surface area contributed by atoms with Gasteiger partial charge in [-0.05, 0) is 14.8 Å². The Kier molecular flexibility index (Phi) is 7.75. The van der Waals surface area contributed by atoms with Crippen molar-refractivity contribution >= 4 is 33.0 Å². The molecule has 0 aromatic rings. The molecular weight excluding hydrogens is 171 g/mol. The second-order valence-electron chi connectivity index (χ2n) is 1.63. The number of unbranched alkanes of at least 4 members (excludes halogenated alkanes) is 1. The zero-order valence-electron chi connectivity index (χ0n) is 5.21. The van der Waals surface area contributed by atoms with Crippen LogP contribution in [0.4, 0.5) is 0 Å². The van der Waals surface area contributed by atoms with E-state index in [1.54, 1.807) is 0 Å². The molecular formula is C4H12NOP3. The molecule has 0 spiro atoms. The summed E-state index contributed by atoms with van der Waals surface area (Å²) in [6, 6.07) is 0. The van der Waals surface area contributed by atoms with Gasteiger partial charge in [0.1, 0.15) is 6.29 Å². The van der Waals surface area contributed by atoms with Gasteiger partial charge in [0.25, 0.3) is 0 Å². The van der Waals surface area contributed by atoms with E-state index in [1.807, 2.05) is 0 Å². The summed E-state index contributed by atoms with van der Waals surface area (Å²) in [5.74, 6) is 0. The molecule has 9 heavy (non-hydrogen) atoms. The molecule has 0 saturated heterocycles. The van der Waals surface area contributed by atoms with Crippen LogP contribution in [0.5, 0.6) is 0 Å². The van der Waals surface area contributed by atoms with E-state index < -0.39 is 0 Å².